The number of allylic oxidation sites excluding steroid dienone is 1. The fraction of sp³-hybridized carbons (Fsp3) is 0.786. The first kappa shape index (κ1) is 24.9. The summed E-state index contributed by atoms with van der Waals surface area (Å²) in [5, 5.41) is 9.39. The van der Waals surface area contributed by atoms with Crippen LogP contribution in [0.2, 0.25) is 0 Å². The largest absolute Gasteiger partial charge is 0.392 e. The Labute approximate surface area is 199 Å². The van der Waals surface area contributed by atoms with Crippen molar-refractivity contribution >= 4 is 0 Å². The van der Waals surface area contributed by atoms with Crippen LogP contribution >= 0.6 is 0 Å². The molecule has 0 aromatic rings. The second kappa shape index (κ2) is 13.1. The summed E-state index contributed by atoms with van der Waals surface area (Å²) in [5.74, 6) is 7.72. The SMILES string of the molecule is CC#CCCC(/C=C/[C@@H]1[C@H]2C/C(=C\CO)C[C@H]2C[C@H]1OC1CCCCO1)OC1CCCCO1. The van der Waals surface area contributed by atoms with Crippen molar-refractivity contribution in [3.63, 3.8) is 0 Å². The van der Waals surface area contributed by atoms with E-state index >= 15 is 0 Å². The van der Waals surface area contributed by atoms with Crippen molar-refractivity contribution in [3.8, 4) is 11.8 Å². The van der Waals surface area contributed by atoms with Crippen LogP contribution in [0.1, 0.15) is 77.6 Å². The lowest BCUT2D eigenvalue weighted by molar-refractivity contribution is -0.193. The second-order valence-electron chi connectivity index (χ2n) is 9.98. The van der Waals surface area contributed by atoms with Crippen LogP contribution in [0.3, 0.4) is 0 Å². The summed E-state index contributed by atoms with van der Waals surface area (Å²) in [6.07, 6.45) is 18.2. The molecule has 5 nitrogen and oxygen atoms in total. The van der Waals surface area contributed by atoms with Crippen molar-refractivity contribution < 1.29 is 24.1 Å². The summed E-state index contributed by atoms with van der Waals surface area (Å²) in [7, 11) is 0. The third-order valence-corrected chi connectivity index (χ3v) is 7.67. The van der Waals surface area contributed by atoms with Gasteiger partial charge in [0, 0.05) is 25.6 Å². The molecule has 7 atom stereocenters. The molecule has 1 N–H and O–H groups in total. The zero-order valence-electron chi connectivity index (χ0n) is 20.3. The summed E-state index contributed by atoms with van der Waals surface area (Å²) in [4.78, 5) is 0. The third-order valence-electron chi connectivity index (χ3n) is 7.67. The van der Waals surface area contributed by atoms with Crippen LogP contribution in [-0.4, -0.2) is 49.7 Å². The van der Waals surface area contributed by atoms with Crippen molar-refractivity contribution in [2.75, 3.05) is 19.8 Å². The van der Waals surface area contributed by atoms with Crippen LogP contribution in [-0.2, 0) is 18.9 Å². The summed E-state index contributed by atoms with van der Waals surface area (Å²) < 4.78 is 24.7. The van der Waals surface area contributed by atoms with Gasteiger partial charge in [-0.2, -0.15) is 0 Å². The predicted molar refractivity (Wildman–Crippen MR) is 128 cm³/mol. The molecular formula is C28H42O5. The lowest BCUT2D eigenvalue weighted by Crippen LogP contribution is -2.31. The molecule has 2 aliphatic carbocycles. The van der Waals surface area contributed by atoms with E-state index in [-0.39, 0.29) is 31.4 Å². The zero-order valence-corrected chi connectivity index (χ0v) is 20.3. The topological polar surface area (TPSA) is 57.2 Å². The normalized spacial score (nSPS) is 36.6. The van der Waals surface area contributed by atoms with Crippen molar-refractivity contribution in [1.29, 1.82) is 0 Å². The summed E-state index contributed by atoms with van der Waals surface area (Å²) >= 11 is 0. The molecule has 0 radical (unpaired) electrons. The molecule has 2 saturated heterocycles. The maximum atomic E-state index is 9.39. The Hall–Kier alpha value is -1.16. The minimum Gasteiger partial charge on any atom is -0.392 e. The van der Waals surface area contributed by atoms with Gasteiger partial charge in [-0.25, -0.2) is 0 Å². The molecule has 5 heteroatoms. The van der Waals surface area contributed by atoms with Gasteiger partial charge in [-0.1, -0.05) is 23.8 Å². The van der Waals surface area contributed by atoms with Crippen molar-refractivity contribution in [1.82, 2.24) is 0 Å². The lowest BCUT2D eigenvalue weighted by atomic mass is 9.90. The lowest BCUT2D eigenvalue weighted by Gasteiger charge is -2.30. The van der Waals surface area contributed by atoms with Crippen LogP contribution in [0.25, 0.3) is 0 Å². The molecule has 0 spiro atoms. The van der Waals surface area contributed by atoms with Gasteiger partial charge in [-0.15, -0.1) is 11.8 Å². The average molecular weight is 459 g/mol. The third kappa shape index (κ3) is 7.16. The molecule has 2 aliphatic heterocycles. The Morgan fingerprint density at radius 2 is 1.88 bits per heavy atom. The van der Waals surface area contributed by atoms with E-state index in [1.54, 1.807) is 0 Å². The molecule has 4 rings (SSSR count). The van der Waals surface area contributed by atoms with Gasteiger partial charge in [-0.05, 0) is 83.0 Å². The van der Waals surface area contributed by atoms with Crippen LogP contribution in [0.4, 0.5) is 0 Å². The maximum Gasteiger partial charge on any atom is 0.158 e. The van der Waals surface area contributed by atoms with E-state index in [9.17, 15) is 5.11 Å². The van der Waals surface area contributed by atoms with Gasteiger partial charge in [0.25, 0.3) is 0 Å². The highest BCUT2D eigenvalue weighted by Gasteiger charge is 2.47. The molecule has 0 amide bonds. The Balaban J connectivity index is 1.45. The summed E-state index contributed by atoms with van der Waals surface area (Å²) in [5.41, 5.74) is 1.40. The molecule has 2 saturated carbocycles. The quantitative estimate of drug-likeness (QED) is 0.383. The van der Waals surface area contributed by atoms with Crippen LogP contribution in [0.5, 0.6) is 0 Å². The number of ether oxygens (including phenoxy) is 4. The minimum atomic E-state index is -0.104. The van der Waals surface area contributed by atoms with E-state index in [2.05, 4.69) is 24.0 Å². The molecule has 2 heterocycles. The number of fused-ring (bicyclic) bond motifs is 1. The Bertz CT molecular complexity index is 708. The number of hydrogen-bond acceptors (Lipinski definition) is 5. The molecular weight excluding hydrogens is 416 g/mol. The van der Waals surface area contributed by atoms with Crippen molar-refractivity contribution in [3.05, 3.63) is 23.8 Å². The number of aliphatic hydroxyl groups is 1. The van der Waals surface area contributed by atoms with Crippen LogP contribution in [0, 0.1) is 29.6 Å². The Morgan fingerprint density at radius 3 is 2.58 bits per heavy atom. The predicted octanol–water partition coefficient (Wildman–Crippen LogP) is 5.13. The molecule has 184 valence electrons. The van der Waals surface area contributed by atoms with Gasteiger partial charge in [0.15, 0.2) is 12.6 Å². The van der Waals surface area contributed by atoms with E-state index in [1.807, 2.05) is 13.0 Å². The molecule has 0 aromatic heterocycles. The highest BCUT2D eigenvalue weighted by Crippen LogP contribution is 2.51. The van der Waals surface area contributed by atoms with E-state index in [0.29, 0.717) is 17.8 Å². The first-order chi connectivity index (χ1) is 16.3. The van der Waals surface area contributed by atoms with Gasteiger partial charge in [0.2, 0.25) is 0 Å². The van der Waals surface area contributed by atoms with Gasteiger partial charge in [0.05, 0.1) is 18.8 Å². The van der Waals surface area contributed by atoms with E-state index in [0.717, 1.165) is 71.0 Å². The summed E-state index contributed by atoms with van der Waals surface area (Å²) in [6.45, 7) is 3.63. The molecule has 0 aromatic carbocycles. The van der Waals surface area contributed by atoms with Crippen LogP contribution in [0.15, 0.2) is 23.8 Å². The molecule has 0 bridgehead atoms. The van der Waals surface area contributed by atoms with E-state index < -0.39 is 0 Å². The fourth-order valence-electron chi connectivity index (χ4n) is 6.02. The highest BCUT2D eigenvalue weighted by molar-refractivity contribution is 5.18. The van der Waals surface area contributed by atoms with Gasteiger partial charge < -0.3 is 24.1 Å². The van der Waals surface area contributed by atoms with Gasteiger partial charge >= 0.3 is 0 Å². The fourth-order valence-corrected chi connectivity index (χ4v) is 6.02. The van der Waals surface area contributed by atoms with Crippen molar-refractivity contribution in [2.24, 2.45) is 17.8 Å². The first-order valence-electron chi connectivity index (χ1n) is 13.2. The summed E-state index contributed by atoms with van der Waals surface area (Å²) in [6, 6.07) is 0. The molecule has 4 aliphatic rings. The van der Waals surface area contributed by atoms with Gasteiger partial charge in [-0.3, -0.25) is 0 Å². The highest BCUT2D eigenvalue weighted by atomic mass is 16.7. The molecule has 4 fully saturated rings. The monoisotopic (exact) mass is 458 g/mol. The Morgan fingerprint density at radius 1 is 1.09 bits per heavy atom. The van der Waals surface area contributed by atoms with Crippen molar-refractivity contribution in [2.45, 2.75) is 102 Å². The maximum absolute atomic E-state index is 9.39. The van der Waals surface area contributed by atoms with E-state index in [4.69, 9.17) is 18.9 Å². The molecule has 3 unspecified atom stereocenters. The average Bonchev–Trinajstić information content (AvgIpc) is 3.36. The number of hydrogen-bond donors (Lipinski definition) is 1. The Kier molecular flexibility index (Phi) is 9.88. The smallest absolute Gasteiger partial charge is 0.158 e. The minimum absolute atomic E-state index is 0.00781. The molecule has 33 heavy (non-hydrogen) atoms. The second-order valence-corrected chi connectivity index (χ2v) is 9.98. The van der Waals surface area contributed by atoms with E-state index in [1.165, 1.54) is 18.4 Å². The van der Waals surface area contributed by atoms with Gasteiger partial charge in [0.1, 0.15) is 0 Å². The zero-order chi connectivity index (χ0) is 22.9. The number of aliphatic hydroxyl groups excluding tert-OH is 1. The van der Waals surface area contributed by atoms with Crippen LogP contribution < -0.4 is 0 Å². The standard InChI is InChI=1S/C28H42O5/c1-2-3-4-9-23(32-27-10-5-7-16-30-27)12-13-24-25-19-21(14-15-29)18-22(25)20-26(24)33-28-11-6-8-17-31-28/h12-14,22-29H,4-11,15-20H2,1H3/b13-12+,21-14-/t22-,23?,24+,25-,26+,27?,28?/m0/s1. The number of rotatable bonds is 9. The first-order valence-corrected chi connectivity index (χ1v) is 13.2.